The van der Waals surface area contributed by atoms with Crippen LogP contribution >= 0.6 is 11.6 Å². The second-order valence-corrected chi connectivity index (χ2v) is 5.89. The minimum Gasteiger partial charge on any atom is -0.353 e. The normalized spacial score (nSPS) is 16.4. The fourth-order valence-corrected chi connectivity index (χ4v) is 2.44. The number of nitrogens with one attached hydrogen (secondary N) is 1. The summed E-state index contributed by atoms with van der Waals surface area (Å²) in [7, 11) is 0. The van der Waals surface area contributed by atoms with Crippen LogP contribution in [0.3, 0.4) is 0 Å². The third kappa shape index (κ3) is 2.60. The van der Waals surface area contributed by atoms with E-state index in [0.717, 1.165) is 6.54 Å². The molecule has 1 saturated carbocycles. The molecule has 0 radical (unpaired) electrons. The number of hydrogen-bond donors (Lipinski definition) is 1. The van der Waals surface area contributed by atoms with Crippen LogP contribution in [0.5, 0.6) is 0 Å². The van der Waals surface area contributed by atoms with Crippen molar-refractivity contribution >= 4 is 17.5 Å². The van der Waals surface area contributed by atoms with E-state index in [1.54, 1.807) is 17.1 Å². The lowest BCUT2D eigenvalue weighted by Gasteiger charge is -2.19. The van der Waals surface area contributed by atoms with Gasteiger partial charge in [0, 0.05) is 18.9 Å². The van der Waals surface area contributed by atoms with Gasteiger partial charge in [0.15, 0.2) is 0 Å². The Hall–Kier alpha value is -1.69. The van der Waals surface area contributed by atoms with Crippen molar-refractivity contribution in [3.05, 3.63) is 23.7 Å². The molecule has 2 aromatic heterocycles. The van der Waals surface area contributed by atoms with Gasteiger partial charge in [-0.15, -0.1) is 0 Å². The average molecular weight is 293 g/mol. The number of aromatic nitrogens is 5. The highest BCUT2D eigenvalue weighted by atomic mass is 35.5. The van der Waals surface area contributed by atoms with E-state index in [1.807, 2.05) is 6.07 Å². The minimum absolute atomic E-state index is 0.169. The first-order valence-electron chi connectivity index (χ1n) is 6.74. The van der Waals surface area contributed by atoms with Crippen LogP contribution in [0, 0.1) is 11.3 Å². The van der Waals surface area contributed by atoms with Gasteiger partial charge in [0.05, 0.1) is 0 Å². The monoisotopic (exact) mass is 292 g/mol. The van der Waals surface area contributed by atoms with Gasteiger partial charge in [0.2, 0.25) is 11.2 Å². The zero-order valence-electron chi connectivity index (χ0n) is 11.5. The van der Waals surface area contributed by atoms with Crippen molar-refractivity contribution in [2.24, 2.45) is 11.3 Å². The number of nitrogens with zero attached hydrogens (tertiary/aromatic N) is 5. The van der Waals surface area contributed by atoms with Gasteiger partial charge in [-0.2, -0.15) is 20.1 Å². The Morgan fingerprint density at radius 1 is 1.35 bits per heavy atom. The maximum Gasteiger partial charge on any atom is 0.256 e. The first-order chi connectivity index (χ1) is 9.59. The quantitative estimate of drug-likeness (QED) is 0.917. The molecule has 0 unspecified atom stereocenters. The molecule has 0 amide bonds. The van der Waals surface area contributed by atoms with Crippen LogP contribution in [0.1, 0.15) is 26.7 Å². The number of rotatable bonds is 5. The fourth-order valence-electron chi connectivity index (χ4n) is 2.28. The Bertz CT molecular complexity index is 591. The van der Waals surface area contributed by atoms with Crippen molar-refractivity contribution < 1.29 is 0 Å². The summed E-state index contributed by atoms with van der Waals surface area (Å²) in [6.45, 7) is 5.37. The molecular weight excluding hydrogens is 276 g/mol. The fraction of sp³-hybridized carbons (Fsp3) is 0.538. The van der Waals surface area contributed by atoms with Crippen LogP contribution in [0.15, 0.2) is 18.5 Å². The predicted octanol–water partition coefficient (Wildman–Crippen LogP) is 2.56. The summed E-state index contributed by atoms with van der Waals surface area (Å²) < 4.78 is 1.56. The summed E-state index contributed by atoms with van der Waals surface area (Å²) in [5, 5.41) is 7.55. The van der Waals surface area contributed by atoms with Crippen molar-refractivity contribution in [2.75, 3.05) is 11.9 Å². The predicted molar refractivity (Wildman–Crippen MR) is 77.0 cm³/mol. The highest BCUT2D eigenvalue weighted by Crippen LogP contribution is 2.51. The smallest absolute Gasteiger partial charge is 0.256 e. The number of halogens is 1. The van der Waals surface area contributed by atoms with E-state index in [9.17, 15) is 0 Å². The standard InChI is InChI=1S/C13H17ClN6/c1-9(2)13(4-5-13)8-15-11-17-10(14)18-12(19-11)20-7-3-6-16-20/h3,6-7,9H,4-5,8H2,1-2H3,(H,15,17,18,19). The van der Waals surface area contributed by atoms with Crippen molar-refractivity contribution in [3.8, 4) is 5.95 Å². The lowest BCUT2D eigenvalue weighted by Crippen LogP contribution is -2.22. The molecule has 2 aromatic rings. The molecule has 0 atom stereocenters. The molecule has 20 heavy (non-hydrogen) atoms. The Morgan fingerprint density at radius 2 is 2.15 bits per heavy atom. The van der Waals surface area contributed by atoms with Gasteiger partial charge < -0.3 is 5.32 Å². The van der Waals surface area contributed by atoms with Gasteiger partial charge in [-0.1, -0.05) is 13.8 Å². The van der Waals surface area contributed by atoms with Crippen LogP contribution in [0.2, 0.25) is 5.28 Å². The largest absolute Gasteiger partial charge is 0.353 e. The molecule has 106 valence electrons. The molecule has 1 N–H and O–H groups in total. The third-order valence-corrected chi connectivity index (χ3v) is 4.19. The van der Waals surface area contributed by atoms with Crippen LogP contribution in [0.25, 0.3) is 5.95 Å². The third-order valence-electron chi connectivity index (χ3n) is 4.02. The van der Waals surface area contributed by atoms with Gasteiger partial charge in [0.25, 0.3) is 5.95 Å². The molecule has 0 aliphatic heterocycles. The van der Waals surface area contributed by atoms with Gasteiger partial charge in [-0.25, -0.2) is 4.68 Å². The van der Waals surface area contributed by atoms with Crippen molar-refractivity contribution in [1.29, 1.82) is 0 Å². The van der Waals surface area contributed by atoms with Crippen LogP contribution in [-0.2, 0) is 0 Å². The highest BCUT2D eigenvalue weighted by molar-refractivity contribution is 6.28. The van der Waals surface area contributed by atoms with E-state index in [2.05, 4.69) is 39.2 Å². The molecule has 1 fully saturated rings. The second kappa shape index (κ2) is 5.01. The molecule has 7 heteroatoms. The average Bonchev–Trinajstić information content (AvgIpc) is 3.01. The van der Waals surface area contributed by atoms with E-state index in [1.165, 1.54) is 12.8 Å². The molecule has 2 heterocycles. The van der Waals surface area contributed by atoms with Gasteiger partial charge in [-0.3, -0.25) is 0 Å². The first-order valence-corrected chi connectivity index (χ1v) is 7.12. The van der Waals surface area contributed by atoms with E-state index < -0.39 is 0 Å². The Labute approximate surface area is 122 Å². The molecule has 0 bridgehead atoms. The van der Waals surface area contributed by atoms with Crippen molar-refractivity contribution in [3.63, 3.8) is 0 Å². The SMILES string of the molecule is CC(C)C1(CNc2nc(Cl)nc(-n3cccn3)n2)CC1. The molecule has 0 saturated heterocycles. The zero-order chi connectivity index (χ0) is 14.2. The van der Waals surface area contributed by atoms with Crippen LogP contribution < -0.4 is 5.32 Å². The molecular formula is C13H17ClN6. The highest BCUT2D eigenvalue weighted by Gasteiger charge is 2.45. The maximum absolute atomic E-state index is 5.95. The molecule has 6 nitrogen and oxygen atoms in total. The lowest BCUT2D eigenvalue weighted by atomic mass is 9.92. The molecule has 1 aliphatic carbocycles. The Balaban J connectivity index is 1.77. The zero-order valence-corrected chi connectivity index (χ0v) is 12.3. The van der Waals surface area contributed by atoms with E-state index in [0.29, 0.717) is 23.2 Å². The van der Waals surface area contributed by atoms with Gasteiger partial charge in [0.1, 0.15) is 0 Å². The number of anilines is 1. The molecule has 0 aromatic carbocycles. The molecule has 3 rings (SSSR count). The first kappa shape index (κ1) is 13.3. The Kier molecular flexibility index (Phi) is 3.33. The topological polar surface area (TPSA) is 68.5 Å². The van der Waals surface area contributed by atoms with E-state index in [4.69, 9.17) is 11.6 Å². The Morgan fingerprint density at radius 3 is 2.75 bits per heavy atom. The van der Waals surface area contributed by atoms with Gasteiger partial charge >= 0.3 is 0 Å². The van der Waals surface area contributed by atoms with E-state index in [-0.39, 0.29) is 5.28 Å². The summed E-state index contributed by atoms with van der Waals surface area (Å²) in [4.78, 5) is 12.5. The maximum atomic E-state index is 5.95. The summed E-state index contributed by atoms with van der Waals surface area (Å²) in [6, 6.07) is 1.81. The summed E-state index contributed by atoms with van der Waals surface area (Å²) in [6.07, 6.45) is 5.94. The summed E-state index contributed by atoms with van der Waals surface area (Å²) in [5.74, 6) is 1.58. The second-order valence-electron chi connectivity index (χ2n) is 5.55. The van der Waals surface area contributed by atoms with Crippen molar-refractivity contribution in [2.45, 2.75) is 26.7 Å². The minimum atomic E-state index is 0.169. The summed E-state index contributed by atoms with van der Waals surface area (Å²) >= 11 is 5.95. The van der Waals surface area contributed by atoms with Gasteiger partial charge in [-0.05, 0) is 41.8 Å². The van der Waals surface area contributed by atoms with Crippen LogP contribution in [-0.4, -0.2) is 31.3 Å². The number of hydrogen-bond acceptors (Lipinski definition) is 5. The van der Waals surface area contributed by atoms with Crippen molar-refractivity contribution in [1.82, 2.24) is 24.7 Å². The van der Waals surface area contributed by atoms with Crippen LogP contribution in [0.4, 0.5) is 5.95 Å². The summed E-state index contributed by atoms with van der Waals surface area (Å²) in [5.41, 5.74) is 0.380. The van der Waals surface area contributed by atoms with E-state index >= 15 is 0 Å². The molecule has 0 spiro atoms. The lowest BCUT2D eigenvalue weighted by molar-refractivity contribution is 0.379. The molecule has 1 aliphatic rings.